The standard InChI is InChI=1S/C25H31N3O4.C10H7FN2O.C7H12O3.C2H4O2.H3N/c1-13(2)31-24(29)20-16(6)27-17(7)21(25(30)32-14(3)4)22(20)19-12-26-28-23(19)18-10-8-15(5)9-11-18;11-9-3-1-7(2-4-9)10-8(6-14)5-12-13-10;1-5(2)10-7(9)4-6(3)8;1-2(3)4;/h8-14,22,27H,1-7H3,(H,26,28);1-6H,(H,12,13);5H,4H2,1-3H3;1H3,(H,3,4);1H3. The molecule has 330 valence electrons. The van der Waals surface area contributed by atoms with Crippen molar-refractivity contribution >= 4 is 35.9 Å². The number of H-pyrrole nitrogens is 2. The molecule has 1 aliphatic heterocycles. The largest absolute Gasteiger partial charge is 0.481 e. The van der Waals surface area contributed by atoms with Gasteiger partial charge in [0.1, 0.15) is 18.0 Å². The number of dihydropyridines is 1. The first-order valence-electron chi connectivity index (χ1n) is 19.0. The highest BCUT2D eigenvalue weighted by molar-refractivity contribution is 6.00. The topological polar surface area (TPSA) is 255 Å². The van der Waals surface area contributed by atoms with Crippen molar-refractivity contribution in [3.63, 3.8) is 0 Å². The molecule has 4 aromatic rings. The summed E-state index contributed by atoms with van der Waals surface area (Å²) in [7, 11) is 0. The van der Waals surface area contributed by atoms with Gasteiger partial charge in [-0.2, -0.15) is 10.2 Å². The summed E-state index contributed by atoms with van der Waals surface area (Å²) in [5, 5.41) is 24.3. The van der Waals surface area contributed by atoms with Gasteiger partial charge in [0.15, 0.2) is 6.29 Å². The van der Waals surface area contributed by atoms with Crippen molar-refractivity contribution < 1.29 is 52.5 Å². The van der Waals surface area contributed by atoms with Crippen LogP contribution >= 0.6 is 0 Å². The lowest BCUT2D eigenvalue weighted by molar-refractivity contribution is -0.149. The number of nitrogens with one attached hydrogen (secondary N) is 3. The van der Waals surface area contributed by atoms with Gasteiger partial charge in [0.25, 0.3) is 5.97 Å². The second kappa shape index (κ2) is 25.0. The van der Waals surface area contributed by atoms with Gasteiger partial charge in [0.05, 0.1) is 64.7 Å². The lowest BCUT2D eigenvalue weighted by Gasteiger charge is -2.31. The summed E-state index contributed by atoms with van der Waals surface area (Å²) in [6.07, 6.45) is 2.96. The highest BCUT2D eigenvalue weighted by atomic mass is 19.1. The van der Waals surface area contributed by atoms with Crippen LogP contribution in [0.5, 0.6) is 0 Å². The minimum atomic E-state index is -0.833. The third-order valence-electron chi connectivity index (χ3n) is 7.89. The van der Waals surface area contributed by atoms with Crippen LogP contribution in [-0.4, -0.2) is 79.8 Å². The Morgan fingerprint density at radius 1 is 0.721 bits per heavy atom. The molecule has 0 atom stereocenters. The molecular weight excluding hydrogens is 792 g/mol. The van der Waals surface area contributed by atoms with E-state index in [-0.39, 0.29) is 42.5 Å². The van der Waals surface area contributed by atoms with E-state index in [9.17, 15) is 28.4 Å². The van der Waals surface area contributed by atoms with Gasteiger partial charge in [0.2, 0.25) is 0 Å². The summed E-state index contributed by atoms with van der Waals surface area (Å²) in [6.45, 7) is 18.8. The van der Waals surface area contributed by atoms with Crippen molar-refractivity contribution in [2.24, 2.45) is 0 Å². The second-order valence-electron chi connectivity index (χ2n) is 14.4. The molecule has 5 rings (SSSR count). The normalized spacial score (nSPS) is 12.0. The van der Waals surface area contributed by atoms with E-state index in [2.05, 4.69) is 25.7 Å². The van der Waals surface area contributed by atoms with Crippen LogP contribution in [0.2, 0.25) is 0 Å². The number of ketones is 1. The van der Waals surface area contributed by atoms with E-state index >= 15 is 0 Å². The molecule has 0 unspecified atom stereocenters. The molecule has 7 N–H and O–H groups in total. The molecule has 0 spiro atoms. The molecule has 3 heterocycles. The van der Waals surface area contributed by atoms with Crippen LogP contribution in [-0.2, 0) is 38.2 Å². The van der Waals surface area contributed by atoms with E-state index < -0.39 is 29.8 Å². The Balaban J connectivity index is 0.000000525. The zero-order chi connectivity index (χ0) is 45.3. The average molecular weight is 849 g/mol. The van der Waals surface area contributed by atoms with Gasteiger partial charge in [-0.3, -0.25) is 29.4 Å². The molecule has 0 amide bonds. The predicted molar refractivity (Wildman–Crippen MR) is 227 cm³/mol. The lowest BCUT2D eigenvalue weighted by atomic mass is 9.79. The molecular formula is C44H57FN6O10. The number of carboxylic acid groups (broad SMARTS) is 1. The number of aliphatic carboxylic acids is 1. The fraction of sp³-hybridized carbons (Fsp3) is 0.364. The van der Waals surface area contributed by atoms with E-state index in [1.807, 2.05) is 45.0 Å². The number of aryl methyl sites for hydroxylation is 1. The van der Waals surface area contributed by atoms with Crippen molar-refractivity contribution in [1.82, 2.24) is 31.9 Å². The van der Waals surface area contributed by atoms with E-state index in [4.69, 9.17) is 24.1 Å². The first-order chi connectivity index (χ1) is 28.2. The molecule has 0 bridgehead atoms. The number of allylic oxidation sites excluding steroid dienone is 2. The number of esters is 3. The zero-order valence-electron chi connectivity index (χ0n) is 36.5. The number of hydrogen-bond donors (Lipinski definition) is 5. The maximum Gasteiger partial charge on any atom is 0.337 e. The van der Waals surface area contributed by atoms with Gasteiger partial charge in [-0.05, 0) is 99.1 Å². The number of halogens is 1. The number of aromatic amines is 2. The van der Waals surface area contributed by atoms with Gasteiger partial charge in [0, 0.05) is 29.4 Å². The summed E-state index contributed by atoms with van der Waals surface area (Å²) in [6, 6.07) is 13.8. The van der Waals surface area contributed by atoms with E-state index in [0.29, 0.717) is 45.6 Å². The first kappa shape index (κ1) is 52.3. The highest BCUT2D eigenvalue weighted by Gasteiger charge is 2.40. The number of rotatable bonds is 11. The minimum Gasteiger partial charge on any atom is -0.481 e. The number of Topliss-reactive ketones (excluding diaryl/α,β-unsaturated/α-hetero) is 1. The molecule has 0 saturated heterocycles. The number of aldehydes is 1. The molecule has 0 fully saturated rings. The van der Waals surface area contributed by atoms with E-state index in [1.165, 1.54) is 25.3 Å². The van der Waals surface area contributed by atoms with Crippen LogP contribution in [0.25, 0.3) is 22.5 Å². The van der Waals surface area contributed by atoms with Crippen molar-refractivity contribution in [1.29, 1.82) is 0 Å². The van der Waals surface area contributed by atoms with Gasteiger partial charge in [-0.15, -0.1) is 0 Å². The highest BCUT2D eigenvalue weighted by Crippen LogP contribution is 2.42. The average Bonchev–Trinajstić information content (AvgIpc) is 3.81. The van der Waals surface area contributed by atoms with Crippen LogP contribution in [0.4, 0.5) is 4.39 Å². The van der Waals surface area contributed by atoms with Crippen molar-refractivity contribution in [3.8, 4) is 22.5 Å². The smallest absolute Gasteiger partial charge is 0.337 e. The number of carbonyl (C=O) groups is 6. The number of aromatic nitrogens is 4. The van der Waals surface area contributed by atoms with Crippen LogP contribution in [0, 0.1) is 12.7 Å². The SMILES string of the molecule is CC(=O)CC(=O)OC(C)C.CC(=O)O.CC1=C(C(=O)OC(C)C)C(c2cn[nH]c2-c2ccc(C)cc2)C(C(=O)OC(C)C)=C(C)N1.N.O=Cc1cn[nH]c1-c1ccc(F)cc1. The number of carboxylic acids is 1. The second-order valence-corrected chi connectivity index (χ2v) is 14.4. The summed E-state index contributed by atoms with van der Waals surface area (Å²) in [4.78, 5) is 66.9. The van der Waals surface area contributed by atoms with Crippen molar-refractivity contribution in [2.45, 2.75) is 107 Å². The third-order valence-corrected chi connectivity index (χ3v) is 7.89. The molecule has 2 aromatic heterocycles. The van der Waals surface area contributed by atoms with Crippen LogP contribution in [0.1, 0.15) is 103 Å². The molecule has 0 aliphatic carbocycles. The molecule has 17 heteroatoms. The Morgan fingerprint density at radius 3 is 1.59 bits per heavy atom. The quantitative estimate of drug-likeness (QED) is 0.0419. The summed E-state index contributed by atoms with van der Waals surface area (Å²) in [5.74, 6) is -3.39. The van der Waals surface area contributed by atoms with E-state index in [0.717, 1.165) is 29.3 Å². The predicted octanol–water partition coefficient (Wildman–Crippen LogP) is 7.72. The van der Waals surface area contributed by atoms with Gasteiger partial charge in [-0.1, -0.05) is 29.8 Å². The van der Waals surface area contributed by atoms with Crippen molar-refractivity contribution in [2.75, 3.05) is 0 Å². The summed E-state index contributed by atoms with van der Waals surface area (Å²) >= 11 is 0. The van der Waals surface area contributed by atoms with Crippen molar-refractivity contribution in [3.05, 3.63) is 106 Å². The minimum absolute atomic E-state index is 0. The van der Waals surface area contributed by atoms with Gasteiger partial charge >= 0.3 is 17.9 Å². The molecule has 16 nitrogen and oxygen atoms in total. The number of ether oxygens (including phenoxy) is 3. The fourth-order valence-corrected chi connectivity index (χ4v) is 5.61. The Kier molecular flexibility index (Phi) is 21.4. The van der Waals surface area contributed by atoms with Gasteiger partial charge in [-0.25, -0.2) is 14.0 Å². The monoisotopic (exact) mass is 848 g/mol. The Bertz CT molecular complexity index is 2120. The Hall–Kier alpha value is -6.75. The maximum absolute atomic E-state index is 13.2. The third kappa shape index (κ3) is 16.8. The summed E-state index contributed by atoms with van der Waals surface area (Å²) < 4.78 is 28.4. The molecule has 61 heavy (non-hydrogen) atoms. The Morgan fingerprint density at radius 2 is 1.15 bits per heavy atom. The molecule has 1 aliphatic rings. The van der Waals surface area contributed by atoms with E-state index in [1.54, 1.807) is 59.9 Å². The summed E-state index contributed by atoms with van der Waals surface area (Å²) in [5.41, 5.74) is 7.32. The number of carbonyl (C=O) groups excluding carboxylic acids is 5. The first-order valence-corrected chi connectivity index (χ1v) is 19.0. The molecule has 0 saturated carbocycles. The lowest BCUT2D eigenvalue weighted by Crippen LogP contribution is -2.33. The maximum atomic E-state index is 13.2. The number of nitrogens with zero attached hydrogens (tertiary/aromatic N) is 2. The van der Waals surface area contributed by atoms with Crippen LogP contribution < -0.4 is 11.5 Å². The number of hydrogen-bond acceptors (Lipinski definition) is 13. The Labute approximate surface area is 354 Å². The number of benzene rings is 2. The van der Waals surface area contributed by atoms with Gasteiger partial charge < -0.3 is 30.8 Å². The zero-order valence-corrected chi connectivity index (χ0v) is 36.5. The van der Waals surface area contributed by atoms with Crippen LogP contribution in [0.3, 0.4) is 0 Å². The molecule has 0 radical (unpaired) electrons. The molecule has 2 aromatic carbocycles. The van der Waals surface area contributed by atoms with Crippen LogP contribution in [0.15, 0.2) is 83.5 Å². The fourth-order valence-electron chi connectivity index (χ4n) is 5.61.